The Hall–Kier alpha value is -6.75. The molecule has 1 saturated heterocycles. The summed E-state index contributed by atoms with van der Waals surface area (Å²) in [6, 6.07) is 29.2. The number of anilines is 2. The van der Waals surface area contributed by atoms with Gasteiger partial charge in [0.2, 0.25) is 0 Å². The zero-order valence-corrected chi connectivity index (χ0v) is 36.0. The Labute approximate surface area is 375 Å². The maximum Gasteiger partial charge on any atom is 0.573 e. The number of fused-ring (bicyclic) bond motifs is 2. The van der Waals surface area contributed by atoms with Crippen LogP contribution in [0.4, 0.5) is 37.8 Å². The molecule has 0 radical (unpaired) electrons. The molecule has 65 heavy (non-hydrogen) atoms. The average Bonchev–Trinajstić information content (AvgIpc) is 3.66. The van der Waals surface area contributed by atoms with Gasteiger partial charge in [-0.1, -0.05) is 54.9 Å². The van der Waals surface area contributed by atoms with Crippen LogP contribution < -0.4 is 29.7 Å². The Bertz CT molecular complexity index is 2690. The Balaban J connectivity index is 0.000000210. The lowest BCUT2D eigenvalue weighted by molar-refractivity contribution is -0.275. The van der Waals surface area contributed by atoms with Gasteiger partial charge in [0.25, 0.3) is 5.91 Å². The van der Waals surface area contributed by atoms with Crippen molar-refractivity contribution < 1.29 is 45.3 Å². The molecule has 0 spiro atoms. The van der Waals surface area contributed by atoms with E-state index in [1.807, 2.05) is 37.3 Å². The second-order valence-corrected chi connectivity index (χ2v) is 15.5. The lowest BCUT2D eigenvalue weighted by Gasteiger charge is -2.34. The molecule has 2 N–H and O–H groups in total. The fraction of sp³-hybridized carbons (Fsp3) is 0.277. The average molecular weight is 920 g/mol. The highest BCUT2D eigenvalue weighted by atomic mass is 35.5. The van der Waals surface area contributed by atoms with Crippen LogP contribution in [0.3, 0.4) is 0 Å². The van der Waals surface area contributed by atoms with E-state index in [0.29, 0.717) is 53.9 Å². The van der Waals surface area contributed by atoms with Crippen molar-refractivity contribution in [3.63, 3.8) is 0 Å². The molecule has 7 aromatic rings. The predicted molar refractivity (Wildman–Crippen MR) is 236 cm³/mol. The number of ether oxygens (including phenoxy) is 3. The van der Waals surface area contributed by atoms with Crippen molar-refractivity contribution in [3.05, 3.63) is 149 Å². The van der Waals surface area contributed by atoms with E-state index in [1.54, 1.807) is 54.1 Å². The quantitative estimate of drug-likeness (QED) is 0.109. The van der Waals surface area contributed by atoms with Crippen LogP contribution in [0.2, 0.25) is 5.02 Å². The molecule has 1 amide bonds. The maximum atomic E-state index is 13.0. The zero-order valence-electron chi connectivity index (χ0n) is 35.2. The van der Waals surface area contributed by atoms with Gasteiger partial charge in [0, 0.05) is 43.4 Å². The maximum absolute atomic E-state index is 13.0. The number of aryl methyl sites for hydroxylation is 1. The van der Waals surface area contributed by atoms with Crippen molar-refractivity contribution in [2.45, 2.75) is 57.8 Å². The summed E-state index contributed by atoms with van der Waals surface area (Å²) in [5.41, 5.74) is 6.67. The van der Waals surface area contributed by atoms with Crippen LogP contribution in [-0.2, 0) is 19.4 Å². The standard InChI is InChI=1S/C29H28ClF3N4O2.C18H16F3N3O2/c1-2-25-27(37-18-22(30)7-12-26(37)35-25)28(38)34-17-19-3-8-23(9-4-19)36-15-13-21(14-16-36)20-5-10-24(11-6-20)39-29(31,32)33;1-25-14-6-7-16-15(10-14)17(24-11-23-16)22-9-8-12-2-4-13(5-3-12)26-18(19,20)21/h3-12,18,21H,2,13-17H2,1H3,(H,34,38);2-7,10-11H,8-9H2,1H3,(H,22,23,24). The van der Waals surface area contributed by atoms with Gasteiger partial charge in [0.15, 0.2) is 0 Å². The van der Waals surface area contributed by atoms with Gasteiger partial charge in [-0.2, -0.15) is 0 Å². The summed E-state index contributed by atoms with van der Waals surface area (Å²) in [4.78, 5) is 28.3. The SMILES string of the molecule is CCc1nc2ccc(Cl)cn2c1C(=O)NCc1ccc(N2CCC(c3ccc(OC(F)(F)F)cc3)CC2)cc1.COc1ccc2ncnc(NCCc3ccc(OC(F)(F)F)cc3)c2c1. The van der Waals surface area contributed by atoms with Crippen molar-refractivity contribution in [1.82, 2.24) is 24.7 Å². The van der Waals surface area contributed by atoms with Gasteiger partial charge >= 0.3 is 12.7 Å². The van der Waals surface area contributed by atoms with Crippen LogP contribution in [0.25, 0.3) is 16.6 Å². The number of hydrogen-bond acceptors (Lipinski definition) is 9. The molecule has 0 saturated carbocycles. The van der Waals surface area contributed by atoms with Gasteiger partial charge in [0.05, 0.1) is 23.3 Å². The topological polar surface area (TPSA) is 115 Å². The van der Waals surface area contributed by atoms with Gasteiger partial charge in [-0.25, -0.2) is 15.0 Å². The van der Waals surface area contributed by atoms with Gasteiger partial charge < -0.3 is 29.7 Å². The molecule has 4 aromatic carbocycles. The monoisotopic (exact) mass is 919 g/mol. The molecular weight excluding hydrogens is 876 g/mol. The number of amides is 1. The first-order valence-electron chi connectivity index (χ1n) is 20.7. The Morgan fingerprint density at radius 2 is 1.43 bits per heavy atom. The van der Waals surface area contributed by atoms with E-state index in [-0.39, 0.29) is 23.3 Å². The first-order valence-corrected chi connectivity index (χ1v) is 21.0. The third kappa shape index (κ3) is 12.5. The van der Waals surface area contributed by atoms with Crippen molar-refractivity contribution in [1.29, 1.82) is 0 Å². The number of nitrogens with zero attached hydrogens (tertiary/aromatic N) is 5. The predicted octanol–water partition coefficient (Wildman–Crippen LogP) is 11.0. The summed E-state index contributed by atoms with van der Waals surface area (Å²) in [7, 11) is 1.59. The normalized spacial score (nSPS) is 13.3. The van der Waals surface area contributed by atoms with Crippen molar-refractivity contribution >= 4 is 45.6 Å². The minimum atomic E-state index is -4.68. The molecule has 3 aromatic heterocycles. The first kappa shape index (κ1) is 46.2. The second-order valence-electron chi connectivity index (χ2n) is 15.0. The number of imidazole rings is 1. The molecule has 18 heteroatoms. The van der Waals surface area contributed by atoms with Crippen LogP contribution in [0.1, 0.15) is 58.6 Å². The number of carbonyl (C=O) groups is 1. The summed E-state index contributed by atoms with van der Waals surface area (Å²) < 4.78 is 88.5. The molecule has 0 bridgehead atoms. The number of piperidine rings is 1. The molecule has 0 aliphatic carbocycles. The van der Waals surface area contributed by atoms with E-state index >= 15 is 0 Å². The van der Waals surface area contributed by atoms with Crippen molar-refractivity contribution in [2.24, 2.45) is 0 Å². The molecule has 340 valence electrons. The molecule has 4 heterocycles. The zero-order chi connectivity index (χ0) is 46.1. The minimum absolute atomic E-state index is 0.200. The number of benzene rings is 4. The van der Waals surface area contributed by atoms with E-state index in [1.165, 1.54) is 30.6 Å². The smallest absolute Gasteiger partial charge is 0.497 e. The number of halogens is 7. The van der Waals surface area contributed by atoms with Crippen LogP contribution in [0.15, 0.2) is 116 Å². The highest BCUT2D eigenvalue weighted by Gasteiger charge is 2.32. The van der Waals surface area contributed by atoms with Crippen LogP contribution >= 0.6 is 11.6 Å². The number of rotatable bonds is 13. The van der Waals surface area contributed by atoms with Crippen LogP contribution in [-0.4, -0.2) is 64.7 Å². The fourth-order valence-electron chi connectivity index (χ4n) is 7.54. The van der Waals surface area contributed by atoms with E-state index in [9.17, 15) is 31.1 Å². The number of alkyl halides is 6. The van der Waals surface area contributed by atoms with Crippen molar-refractivity contribution in [2.75, 3.05) is 37.0 Å². The summed E-state index contributed by atoms with van der Waals surface area (Å²) in [5.74, 6) is 1.03. The summed E-state index contributed by atoms with van der Waals surface area (Å²) in [6.45, 7) is 4.59. The third-order valence-electron chi connectivity index (χ3n) is 10.7. The van der Waals surface area contributed by atoms with E-state index in [2.05, 4.69) is 52.1 Å². The molecule has 8 rings (SSSR count). The largest absolute Gasteiger partial charge is 0.573 e. The summed E-state index contributed by atoms with van der Waals surface area (Å²) in [5, 5.41) is 7.59. The van der Waals surface area contributed by atoms with Gasteiger partial charge in [0.1, 0.15) is 40.7 Å². The first-order chi connectivity index (χ1) is 31.1. The molecule has 11 nitrogen and oxygen atoms in total. The van der Waals surface area contributed by atoms with Gasteiger partial charge in [-0.15, -0.1) is 26.3 Å². The summed E-state index contributed by atoms with van der Waals surface area (Å²) in [6.07, 6.45) is -3.14. The van der Waals surface area contributed by atoms with Gasteiger partial charge in [-0.3, -0.25) is 9.20 Å². The Morgan fingerprint density at radius 3 is 2.06 bits per heavy atom. The number of carbonyl (C=O) groups excluding carboxylic acids is 1. The number of hydrogen-bond donors (Lipinski definition) is 2. The van der Waals surface area contributed by atoms with Crippen molar-refractivity contribution in [3.8, 4) is 17.2 Å². The molecular formula is C47H44ClF6N7O4. The number of aromatic nitrogens is 4. The summed E-state index contributed by atoms with van der Waals surface area (Å²) >= 11 is 6.14. The molecule has 1 aliphatic heterocycles. The van der Waals surface area contributed by atoms with Crippen LogP contribution in [0, 0.1) is 0 Å². The number of methoxy groups -OCH3 is 1. The van der Waals surface area contributed by atoms with Crippen LogP contribution in [0.5, 0.6) is 17.2 Å². The Morgan fingerprint density at radius 1 is 0.800 bits per heavy atom. The third-order valence-corrected chi connectivity index (χ3v) is 11.0. The lowest BCUT2D eigenvalue weighted by Crippen LogP contribution is -2.32. The van der Waals surface area contributed by atoms with Gasteiger partial charge in [-0.05, 0) is 115 Å². The number of pyridine rings is 1. The highest BCUT2D eigenvalue weighted by Crippen LogP contribution is 2.33. The molecule has 0 unspecified atom stereocenters. The number of nitrogens with one attached hydrogen (secondary N) is 2. The Kier molecular flexibility index (Phi) is 14.5. The van der Waals surface area contributed by atoms with E-state index < -0.39 is 12.7 Å². The van der Waals surface area contributed by atoms with E-state index in [4.69, 9.17) is 16.3 Å². The molecule has 1 aliphatic rings. The minimum Gasteiger partial charge on any atom is -0.497 e. The molecule has 0 atom stereocenters. The highest BCUT2D eigenvalue weighted by molar-refractivity contribution is 6.30. The second kappa shape index (κ2) is 20.4. The molecule has 1 fully saturated rings. The van der Waals surface area contributed by atoms with E-state index in [0.717, 1.165) is 64.9 Å². The lowest BCUT2D eigenvalue weighted by atomic mass is 9.89. The fourth-order valence-corrected chi connectivity index (χ4v) is 7.70.